The minimum atomic E-state index is -0.587. The number of hydrogen-bond acceptors (Lipinski definition) is 11. The van der Waals surface area contributed by atoms with Gasteiger partial charge in [0.15, 0.2) is 0 Å². The van der Waals surface area contributed by atoms with Crippen LogP contribution in [0.25, 0.3) is 0 Å². The number of nitrogens with zero attached hydrogens (tertiary/aromatic N) is 1. The van der Waals surface area contributed by atoms with Crippen molar-refractivity contribution in [2.45, 2.75) is 25.7 Å². The quantitative estimate of drug-likeness (QED) is 0.301. The Bertz CT molecular complexity index is 549. The normalized spacial score (nSPS) is 12.0. The van der Waals surface area contributed by atoms with Crippen molar-refractivity contribution in [2.75, 3.05) is 68.5 Å². The smallest absolute Gasteiger partial charge is 0.406 e. The number of rotatable bonds is 11. The van der Waals surface area contributed by atoms with Gasteiger partial charge in [-0.3, -0.25) is 9.59 Å². The summed E-state index contributed by atoms with van der Waals surface area (Å²) < 4.78 is 22.7. The minimum Gasteiger partial charge on any atom is -0.453 e. The van der Waals surface area contributed by atoms with E-state index < -0.39 is 30.0 Å². The van der Waals surface area contributed by atoms with Crippen LogP contribution < -0.4 is 10.6 Å². The Kier molecular flexibility index (Phi) is 21.7. The number of imide groups is 1. The van der Waals surface area contributed by atoms with Gasteiger partial charge in [-0.05, 0) is 6.42 Å². The topological polar surface area (TPSA) is 168 Å². The van der Waals surface area contributed by atoms with Gasteiger partial charge in [0.05, 0.1) is 33.9 Å². The lowest BCUT2D eigenvalue weighted by Crippen LogP contribution is -2.32. The van der Waals surface area contributed by atoms with Crippen molar-refractivity contribution in [2.24, 2.45) is 0 Å². The molecule has 0 aromatic rings. The van der Waals surface area contributed by atoms with E-state index in [-0.39, 0.29) is 19.3 Å². The first kappa shape index (κ1) is 32.2. The maximum absolute atomic E-state index is 11.1. The third kappa shape index (κ3) is 19.4. The predicted octanol–water partition coefficient (Wildman–Crippen LogP) is -0.00220. The average Bonchev–Trinajstić information content (AvgIpc) is 3.12. The largest absolute Gasteiger partial charge is 0.453 e. The SMILES string of the molecule is COCCCC(=O)ON1C(=O)CCC1=O.COCCNC(=O)OC.COCCNC(=O)OC. The lowest BCUT2D eigenvalue weighted by atomic mass is 10.3. The van der Waals surface area contributed by atoms with Crippen LogP contribution >= 0.6 is 0 Å². The number of ether oxygens (including phenoxy) is 5. The highest BCUT2D eigenvalue weighted by Crippen LogP contribution is 2.12. The van der Waals surface area contributed by atoms with E-state index in [0.717, 1.165) is 0 Å². The molecule has 1 rings (SSSR count). The number of methoxy groups -OCH3 is 5. The summed E-state index contributed by atoms with van der Waals surface area (Å²) in [5.41, 5.74) is 0. The molecule has 1 aliphatic heterocycles. The summed E-state index contributed by atoms with van der Waals surface area (Å²) >= 11 is 0. The fourth-order valence-corrected chi connectivity index (χ4v) is 1.82. The number of amides is 4. The van der Waals surface area contributed by atoms with Crippen LogP contribution in [0.3, 0.4) is 0 Å². The zero-order valence-corrected chi connectivity index (χ0v) is 19.8. The van der Waals surface area contributed by atoms with Crippen molar-refractivity contribution < 1.29 is 52.5 Å². The Morgan fingerprint density at radius 2 is 1.18 bits per heavy atom. The molecule has 33 heavy (non-hydrogen) atoms. The molecule has 4 amide bonds. The van der Waals surface area contributed by atoms with Crippen molar-refractivity contribution in [3.63, 3.8) is 0 Å². The summed E-state index contributed by atoms with van der Waals surface area (Å²) in [6, 6.07) is 0. The van der Waals surface area contributed by atoms with Crippen LogP contribution in [0.1, 0.15) is 25.7 Å². The summed E-state index contributed by atoms with van der Waals surface area (Å²) in [6.07, 6.45) is 0.0178. The van der Waals surface area contributed by atoms with E-state index in [1.807, 2.05) is 0 Å². The highest BCUT2D eigenvalue weighted by atomic mass is 16.7. The van der Waals surface area contributed by atoms with Crippen molar-refractivity contribution in [3.05, 3.63) is 0 Å². The molecular formula is C19H35N3O11. The molecule has 2 N–H and O–H groups in total. The van der Waals surface area contributed by atoms with Crippen molar-refractivity contribution in [1.82, 2.24) is 15.7 Å². The van der Waals surface area contributed by atoms with Crippen LogP contribution in [0.2, 0.25) is 0 Å². The van der Waals surface area contributed by atoms with Crippen molar-refractivity contribution >= 4 is 30.0 Å². The van der Waals surface area contributed by atoms with E-state index in [9.17, 15) is 24.0 Å². The van der Waals surface area contributed by atoms with Crippen LogP contribution in [-0.4, -0.2) is 103 Å². The molecule has 192 valence electrons. The first-order valence-electron chi connectivity index (χ1n) is 9.94. The zero-order valence-electron chi connectivity index (χ0n) is 19.8. The second kappa shape index (κ2) is 22.2. The molecule has 0 aromatic heterocycles. The van der Waals surface area contributed by atoms with Crippen LogP contribution in [0.5, 0.6) is 0 Å². The summed E-state index contributed by atoms with van der Waals surface area (Å²) in [6.45, 7) is 2.44. The van der Waals surface area contributed by atoms with Gasteiger partial charge in [0, 0.05) is 53.9 Å². The van der Waals surface area contributed by atoms with Crippen molar-refractivity contribution in [1.29, 1.82) is 0 Å². The molecular weight excluding hydrogens is 446 g/mol. The molecule has 0 unspecified atom stereocenters. The predicted molar refractivity (Wildman–Crippen MR) is 113 cm³/mol. The molecule has 14 heteroatoms. The summed E-state index contributed by atoms with van der Waals surface area (Å²) in [7, 11) is 7.31. The third-order valence-electron chi connectivity index (χ3n) is 3.45. The van der Waals surface area contributed by atoms with Crippen LogP contribution in [0.15, 0.2) is 0 Å². The Labute approximate surface area is 193 Å². The number of hydrogen-bond donors (Lipinski definition) is 2. The lowest BCUT2D eigenvalue weighted by molar-refractivity contribution is -0.197. The zero-order chi connectivity index (χ0) is 25.5. The molecule has 0 spiro atoms. The molecule has 1 heterocycles. The van der Waals surface area contributed by atoms with E-state index in [1.165, 1.54) is 21.3 Å². The van der Waals surface area contributed by atoms with Gasteiger partial charge >= 0.3 is 18.2 Å². The highest BCUT2D eigenvalue weighted by Gasteiger charge is 2.32. The van der Waals surface area contributed by atoms with Gasteiger partial charge in [-0.15, -0.1) is 5.06 Å². The minimum absolute atomic E-state index is 0.115. The fourth-order valence-electron chi connectivity index (χ4n) is 1.82. The first-order chi connectivity index (χ1) is 15.8. The third-order valence-corrected chi connectivity index (χ3v) is 3.45. The molecule has 1 fully saturated rings. The number of nitrogens with one attached hydrogen (secondary N) is 2. The molecule has 0 bridgehead atoms. The molecule has 0 atom stereocenters. The van der Waals surface area contributed by atoms with Gasteiger partial charge in [-0.2, -0.15) is 0 Å². The number of carbonyl (C=O) groups excluding carboxylic acids is 5. The average molecular weight is 481 g/mol. The van der Waals surface area contributed by atoms with Gasteiger partial charge in [-0.25, -0.2) is 14.4 Å². The maximum atomic E-state index is 11.1. The molecule has 0 saturated carbocycles. The Balaban J connectivity index is 0. The number of alkyl carbamates (subject to hydrolysis) is 2. The second-order valence-corrected chi connectivity index (χ2v) is 5.96. The molecule has 1 aliphatic rings. The summed E-state index contributed by atoms with van der Waals surface area (Å²) in [4.78, 5) is 58.5. The van der Waals surface area contributed by atoms with Gasteiger partial charge in [0.2, 0.25) is 0 Å². The Morgan fingerprint density at radius 3 is 1.55 bits per heavy atom. The monoisotopic (exact) mass is 481 g/mol. The fraction of sp³-hybridized carbons (Fsp3) is 0.737. The van der Waals surface area contributed by atoms with Gasteiger partial charge in [0.25, 0.3) is 11.8 Å². The first-order valence-corrected chi connectivity index (χ1v) is 9.94. The van der Waals surface area contributed by atoms with E-state index in [1.54, 1.807) is 14.2 Å². The van der Waals surface area contributed by atoms with Crippen LogP contribution in [0, 0.1) is 0 Å². The van der Waals surface area contributed by atoms with Crippen molar-refractivity contribution in [3.8, 4) is 0 Å². The van der Waals surface area contributed by atoms with Gasteiger partial charge < -0.3 is 39.2 Å². The Morgan fingerprint density at radius 1 is 0.758 bits per heavy atom. The maximum Gasteiger partial charge on any atom is 0.406 e. The standard InChI is InChI=1S/C9H13NO5.2C5H11NO3/c1-14-6-2-3-9(13)15-10-7(11)4-5-8(10)12;2*1-8-4-3-6-5(7)9-2/h2-6H2,1H3;2*3-4H2,1-2H3,(H,6,7). The summed E-state index contributed by atoms with van der Waals surface area (Å²) in [5, 5.41) is 5.44. The van der Waals surface area contributed by atoms with E-state index >= 15 is 0 Å². The molecule has 0 radical (unpaired) electrons. The molecule has 1 saturated heterocycles. The second-order valence-electron chi connectivity index (χ2n) is 5.96. The highest BCUT2D eigenvalue weighted by molar-refractivity contribution is 6.01. The lowest BCUT2D eigenvalue weighted by Gasteiger charge is -2.12. The van der Waals surface area contributed by atoms with Gasteiger partial charge in [-0.1, -0.05) is 0 Å². The number of carbonyl (C=O) groups is 5. The Hall–Kier alpha value is -2.97. The van der Waals surface area contributed by atoms with E-state index in [2.05, 4.69) is 34.4 Å². The van der Waals surface area contributed by atoms with Crippen LogP contribution in [-0.2, 0) is 42.9 Å². The molecule has 0 aliphatic carbocycles. The van der Waals surface area contributed by atoms with E-state index in [0.29, 0.717) is 44.4 Å². The van der Waals surface area contributed by atoms with Gasteiger partial charge in [0.1, 0.15) is 0 Å². The molecule has 0 aromatic carbocycles. The molecule has 14 nitrogen and oxygen atoms in total. The van der Waals surface area contributed by atoms with Crippen LogP contribution in [0.4, 0.5) is 9.59 Å². The van der Waals surface area contributed by atoms with E-state index in [4.69, 9.17) is 4.74 Å². The number of hydroxylamine groups is 2. The summed E-state index contributed by atoms with van der Waals surface area (Å²) in [5.74, 6) is -1.50.